The molecule has 0 aliphatic rings. The minimum atomic E-state index is -1.87. The van der Waals surface area contributed by atoms with Gasteiger partial charge >= 0.3 is 7.32 Å². The van der Waals surface area contributed by atoms with Crippen LogP contribution in [-0.4, -0.2) is 28.8 Å². The molecule has 0 aromatic heterocycles. The first-order chi connectivity index (χ1) is 5.16. The van der Waals surface area contributed by atoms with Crippen molar-refractivity contribution in [1.82, 2.24) is 0 Å². The van der Waals surface area contributed by atoms with E-state index in [1.165, 1.54) is 0 Å². The first kappa shape index (κ1) is 10.9. The highest BCUT2D eigenvalue weighted by molar-refractivity contribution is 6.32. The predicted octanol–water partition coefficient (Wildman–Crippen LogP) is -0.129. The summed E-state index contributed by atoms with van der Waals surface area (Å²) in [5.74, 6) is 0. The number of aliphatic hydroxyl groups is 1. The molecule has 0 spiro atoms. The average molecular weight is 162 g/mol. The van der Waals surface area contributed by atoms with Gasteiger partial charge in [0.05, 0.1) is 0 Å². The summed E-state index contributed by atoms with van der Waals surface area (Å²) in [5.41, 5.74) is 0. The van der Waals surface area contributed by atoms with Gasteiger partial charge in [0, 0.05) is 0 Å². The number of rotatable bonds is 6. The molecular weight excluding hydrogens is 147 g/mol. The number of hydrogen-bond donors (Lipinski definition) is 3. The van der Waals surface area contributed by atoms with Crippen molar-refractivity contribution < 1.29 is 19.8 Å². The van der Waals surface area contributed by atoms with Gasteiger partial charge in [0.2, 0.25) is 0 Å². The van der Waals surface area contributed by atoms with Crippen molar-refractivity contribution in [3.8, 4) is 0 Å². The van der Waals surface area contributed by atoms with Crippen LogP contribution in [0.3, 0.4) is 0 Å². The van der Waals surface area contributed by atoms with Gasteiger partial charge < -0.3 is 19.8 Å². The summed E-state index contributed by atoms with van der Waals surface area (Å²) in [7, 11) is -1.87. The van der Waals surface area contributed by atoms with Gasteiger partial charge in [-0.25, -0.2) is 0 Å². The second kappa shape index (κ2) is 6.60. The maximum Gasteiger partial charge on any atom is 0.635 e. The van der Waals surface area contributed by atoms with Crippen LogP contribution in [0.2, 0.25) is 0 Å². The number of unbranched alkanes of at least 4 members (excludes halogenated alkanes) is 2. The van der Waals surface area contributed by atoms with Crippen molar-refractivity contribution in [3.05, 3.63) is 0 Å². The molecule has 5 heteroatoms. The van der Waals surface area contributed by atoms with Gasteiger partial charge in [0.25, 0.3) is 0 Å². The molecule has 0 fully saturated rings. The van der Waals surface area contributed by atoms with E-state index in [9.17, 15) is 0 Å². The summed E-state index contributed by atoms with van der Waals surface area (Å²) in [6, 6.07) is 0. The zero-order chi connectivity index (χ0) is 8.69. The first-order valence-corrected chi connectivity index (χ1v) is 3.86. The lowest BCUT2D eigenvalue weighted by Crippen LogP contribution is -2.25. The van der Waals surface area contributed by atoms with Crippen LogP contribution in [-0.2, 0) is 4.65 Å². The number of hydrogen-bond acceptors (Lipinski definition) is 4. The maximum absolute atomic E-state index is 8.90. The molecular formula is C6H15BO4. The van der Waals surface area contributed by atoms with Crippen LogP contribution in [0.5, 0.6) is 0 Å². The van der Waals surface area contributed by atoms with Gasteiger partial charge in [-0.1, -0.05) is 19.8 Å². The Hall–Kier alpha value is -0.0951. The summed E-state index contributed by atoms with van der Waals surface area (Å²) in [5, 5.41) is 25.4. The molecule has 0 aromatic rings. The summed E-state index contributed by atoms with van der Waals surface area (Å²) >= 11 is 0. The van der Waals surface area contributed by atoms with Crippen molar-refractivity contribution in [2.75, 3.05) is 0 Å². The van der Waals surface area contributed by atoms with Crippen LogP contribution >= 0.6 is 0 Å². The molecule has 4 nitrogen and oxygen atoms in total. The highest BCUT2D eigenvalue weighted by Crippen LogP contribution is 2.03. The number of aliphatic hydroxyl groups excluding tert-OH is 1. The molecule has 0 heterocycles. The van der Waals surface area contributed by atoms with E-state index in [0.717, 1.165) is 19.3 Å². The van der Waals surface area contributed by atoms with Crippen molar-refractivity contribution in [1.29, 1.82) is 0 Å². The minimum absolute atomic E-state index is 0.450. The Morgan fingerprint density at radius 1 is 1.36 bits per heavy atom. The average Bonchev–Trinajstić information content (AvgIpc) is 1.86. The normalized spacial score (nSPS) is 13.1. The van der Waals surface area contributed by atoms with Crippen LogP contribution in [0.1, 0.15) is 32.6 Å². The fraction of sp³-hybridized carbons (Fsp3) is 1.00. The quantitative estimate of drug-likeness (QED) is 0.289. The first-order valence-electron chi connectivity index (χ1n) is 3.86. The Kier molecular flexibility index (Phi) is 6.55. The smallest absolute Gasteiger partial charge is 0.402 e. The Morgan fingerprint density at radius 3 is 2.45 bits per heavy atom. The Morgan fingerprint density at radius 2 is 2.00 bits per heavy atom. The van der Waals surface area contributed by atoms with E-state index >= 15 is 0 Å². The zero-order valence-corrected chi connectivity index (χ0v) is 6.73. The fourth-order valence-corrected chi connectivity index (χ4v) is 0.777. The van der Waals surface area contributed by atoms with Crippen molar-refractivity contribution in [2.45, 2.75) is 38.9 Å². The van der Waals surface area contributed by atoms with E-state index in [2.05, 4.69) is 4.65 Å². The Balaban J connectivity index is 3.15. The van der Waals surface area contributed by atoms with E-state index in [1.54, 1.807) is 0 Å². The second-order valence-electron chi connectivity index (χ2n) is 2.41. The highest BCUT2D eigenvalue weighted by atomic mass is 16.7. The predicted molar refractivity (Wildman–Crippen MR) is 41.4 cm³/mol. The van der Waals surface area contributed by atoms with Gasteiger partial charge in [-0.15, -0.1) is 0 Å². The SMILES string of the molecule is CCCCCC(O)OB(O)O. The van der Waals surface area contributed by atoms with Crippen LogP contribution in [0.4, 0.5) is 0 Å². The minimum Gasteiger partial charge on any atom is -0.402 e. The van der Waals surface area contributed by atoms with Gasteiger partial charge in [0.15, 0.2) is 0 Å². The van der Waals surface area contributed by atoms with Crippen molar-refractivity contribution in [3.63, 3.8) is 0 Å². The second-order valence-corrected chi connectivity index (χ2v) is 2.41. The molecule has 1 unspecified atom stereocenters. The summed E-state index contributed by atoms with van der Waals surface area (Å²) in [4.78, 5) is 0. The van der Waals surface area contributed by atoms with Crippen LogP contribution in [0, 0.1) is 0 Å². The largest absolute Gasteiger partial charge is 0.635 e. The molecule has 0 aliphatic carbocycles. The van der Waals surface area contributed by atoms with Crippen LogP contribution in [0.15, 0.2) is 0 Å². The summed E-state index contributed by atoms with van der Waals surface area (Å²) < 4.78 is 4.26. The van der Waals surface area contributed by atoms with Crippen molar-refractivity contribution in [2.24, 2.45) is 0 Å². The molecule has 0 aliphatic heterocycles. The molecule has 0 amide bonds. The van der Waals surface area contributed by atoms with Crippen molar-refractivity contribution >= 4 is 7.32 Å². The molecule has 0 saturated carbocycles. The molecule has 0 rings (SSSR count). The molecule has 66 valence electrons. The van der Waals surface area contributed by atoms with Gasteiger partial charge in [-0.2, -0.15) is 0 Å². The molecule has 11 heavy (non-hydrogen) atoms. The third kappa shape index (κ3) is 7.81. The fourth-order valence-electron chi connectivity index (χ4n) is 0.777. The third-order valence-electron chi connectivity index (χ3n) is 1.33. The highest BCUT2D eigenvalue weighted by Gasteiger charge is 2.14. The molecule has 3 N–H and O–H groups in total. The van der Waals surface area contributed by atoms with E-state index in [0.29, 0.717) is 6.42 Å². The topological polar surface area (TPSA) is 69.9 Å². The zero-order valence-electron chi connectivity index (χ0n) is 6.73. The molecule has 0 aromatic carbocycles. The van der Waals surface area contributed by atoms with Crippen LogP contribution in [0.25, 0.3) is 0 Å². The molecule has 1 atom stereocenters. The van der Waals surface area contributed by atoms with E-state index in [1.807, 2.05) is 6.92 Å². The van der Waals surface area contributed by atoms with Gasteiger partial charge in [-0.3, -0.25) is 0 Å². The Bertz CT molecular complexity index is 88.7. The standard InChI is InChI=1S/C6H15BO4/c1-2-3-4-5-6(8)11-7(9)10/h6,8-10H,2-5H2,1H3. The Labute approximate surface area is 67.0 Å². The van der Waals surface area contributed by atoms with Gasteiger partial charge in [0.1, 0.15) is 6.29 Å². The van der Waals surface area contributed by atoms with E-state index in [-0.39, 0.29) is 0 Å². The summed E-state index contributed by atoms with van der Waals surface area (Å²) in [6.07, 6.45) is 2.31. The lowest BCUT2D eigenvalue weighted by atomic mass is 10.2. The summed E-state index contributed by atoms with van der Waals surface area (Å²) in [6.45, 7) is 2.05. The lowest BCUT2D eigenvalue weighted by Gasteiger charge is -2.09. The molecule has 0 saturated heterocycles. The molecule has 0 bridgehead atoms. The molecule has 0 radical (unpaired) electrons. The third-order valence-corrected chi connectivity index (χ3v) is 1.33. The monoisotopic (exact) mass is 162 g/mol. The van der Waals surface area contributed by atoms with Gasteiger partial charge in [-0.05, 0) is 12.8 Å². The van der Waals surface area contributed by atoms with Crippen LogP contribution < -0.4 is 0 Å². The van der Waals surface area contributed by atoms with E-state index in [4.69, 9.17) is 15.2 Å². The maximum atomic E-state index is 8.90. The van der Waals surface area contributed by atoms with E-state index < -0.39 is 13.6 Å². The lowest BCUT2D eigenvalue weighted by molar-refractivity contribution is -0.0534.